The summed E-state index contributed by atoms with van der Waals surface area (Å²) in [5.74, 6) is -0.193. The molecule has 0 saturated heterocycles. The van der Waals surface area contributed by atoms with Crippen LogP contribution in [0.2, 0.25) is 0 Å². The molecule has 0 radical (unpaired) electrons. The second-order valence-electron chi connectivity index (χ2n) is 7.38. The lowest BCUT2D eigenvalue weighted by molar-refractivity contribution is 0.0977. The van der Waals surface area contributed by atoms with Crippen LogP contribution in [0.5, 0.6) is 0 Å². The van der Waals surface area contributed by atoms with Crippen LogP contribution in [-0.2, 0) is 10.0 Å². The number of aryl methyl sites for hydroxylation is 1. The van der Waals surface area contributed by atoms with E-state index in [9.17, 15) is 13.2 Å². The molecule has 7 nitrogen and oxygen atoms in total. The van der Waals surface area contributed by atoms with Crippen molar-refractivity contribution in [2.75, 3.05) is 17.7 Å². The van der Waals surface area contributed by atoms with Gasteiger partial charge in [0, 0.05) is 17.1 Å². The van der Waals surface area contributed by atoms with Crippen LogP contribution in [0.25, 0.3) is 0 Å². The highest BCUT2D eigenvalue weighted by Gasteiger charge is 2.24. The number of benzene rings is 1. The van der Waals surface area contributed by atoms with Crippen LogP contribution in [0.4, 0.5) is 10.8 Å². The Hall–Kier alpha value is -2.44. The SMILES string of the molecule is Cc1sc(N(CC2CCCCC2)c2ccc(C#N)cc2)nc1C(=O)NS(C)(=O)=O. The third kappa shape index (κ3) is 5.55. The van der Waals surface area contributed by atoms with Gasteiger partial charge in [0.25, 0.3) is 5.91 Å². The van der Waals surface area contributed by atoms with Crippen LogP contribution in [-0.4, -0.2) is 32.1 Å². The number of hydrogen-bond acceptors (Lipinski definition) is 7. The molecule has 1 heterocycles. The molecule has 1 N–H and O–H groups in total. The summed E-state index contributed by atoms with van der Waals surface area (Å²) in [6.07, 6.45) is 6.94. The fraction of sp³-hybridized carbons (Fsp3) is 0.450. The van der Waals surface area contributed by atoms with Gasteiger partial charge in [0.2, 0.25) is 10.0 Å². The average Bonchev–Trinajstić information content (AvgIpc) is 3.07. The zero-order valence-electron chi connectivity index (χ0n) is 16.5. The summed E-state index contributed by atoms with van der Waals surface area (Å²) in [5, 5.41) is 9.72. The molecule has 0 bridgehead atoms. The normalized spacial score (nSPS) is 14.9. The Bertz CT molecular complexity index is 1020. The molecule has 1 amide bonds. The lowest BCUT2D eigenvalue weighted by Gasteiger charge is -2.29. The van der Waals surface area contributed by atoms with Crippen molar-refractivity contribution in [1.82, 2.24) is 9.71 Å². The highest BCUT2D eigenvalue weighted by atomic mass is 32.2. The predicted molar refractivity (Wildman–Crippen MR) is 114 cm³/mol. The molecule has 29 heavy (non-hydrogen) atoms. The number of carbonyl (C=O) groups excluding carboxylic acids is 1. The minimum atomic E-state index is -3.66. The number of nitrogens with zero attached hydrogens (tertiary/aromatic N) is 3. The van der Waals surface area contributed by atoms with E-state index in [0.29, 0.717) is 21.5 Å². The lowest BCUT2D eigenvalue weighted by Crippen LogP contribution is -2.30. The predicted octanol–water partition coefficient (Wildman–Crippen LogP) is 3.73. The van der Waals surface area contributed by atoms with Gasteiger partial charge in [-0.25, -0.2) is 18.1 Å². The first-order chi connectivity index (χ1) is 13.8. The molecule has 0 atom stereocenters. The molecule has 9 heteroatoms. The number of nitrogens with one attached hydrogen (secondary N) is 1. The number of sulfonamides is 1. The molecule has 1 aromatic carbocycles. The summed E-state index contributed by atoms with van der Waals surface area (Å²) in [6, 6.07) is 9.42. The third-order valence-corrected chi connectivity index (χ3v) is 6.53. The molecule has 154 valence electrons. The second-order valence-corrected chi connectivity index (χ2v) is 10.3. The number of anilines is 2. The fourth-order valence-electron chi connectivity index (χ4n) is 3.56. The average molecular weight is 433 g/mol. The van der Waals surface area contributed by atoms with Crippen molar-refractivity contribution < 1.29 is 13.2 Å². The van der Waals surface area contributed by atoms with E-state index in [2.05, 4.69) is 16.0 Å². The highest BCUT2D eigenvalue weighted by Crippen LogP contribution is 2.35. The lowest BCUT2D eigenvalue weighted by atomic mass is 9.89. The molecular formula is C20H24N4O3S2. The van der Waals surface area contributed by atoms with Crippen LogP contribution in [0, 0.1) is 24.2 Å². The number of nitriles is 1. The van der Waals surface area contributed by atoms with Gasteiger partial charge in [0.15, 0.2) is 5.13 Å². The maximum absolute atomic E-state index is 12.3. The molecule has 1 saturated carbocycles. The standard InChI is InChI=1S/C20H24N4O3S2/c1-14-18(19(25)23-29(2,26)27)22-20(28-14)24(13-16-6-4-3-5-7-16)17-10-8-15(12-21)9-11-17/h8-11,16H,3-7,13H2,1-2H3,(H,23,25). The number of amides is 1. The van der Waals surface area contributed by atoms with Crippen LogP contribution in [0.3, 0.4) is 0 Å². The van der Waals surface area contributed by atoms with E-state index in [1.165, 1.54) is 30.6 Å². The summed E-state index contributed by atoms with van der Waals surface area (Å²) in [5.41, 5.74) is 1.60. The van der Waals surface area contributed by atoms with Gasteiger partial charge in [0.05, 0.1) is 17.9 Å². The Morgan fingerprint density at radius 2 is 1.93 bits per heavy atom. The molecule has 0 unspecified atom stereocenters. The maximum Gasteiger partial charge on any atom is 0.284 e. The van der Waals surface area contributed by atoms with Gasteiger partial charge in [-0.2, -0.15) is 5.26 Å². The van der Waals surface area contributed by atoms with Crippen molar-refractivity contribution in [1.29, 1.82) is 5.26 Å². The molecule has 2 aromatic rings. The first-order valence-electron chi connectivity index (χ1n) is 9.54. The van der Waals surface area contributed by atoms with Crippen molar-refractivity contribution in [2.45, 2.75) is 39.0 Å². The molecule has 0 spiro atoms. The quantitative estimate of drug-likeness (QED) is 0.746. The minimum Gasteiger partial charge on any atom is -0.318 e. The molecule has 1 aliphatic rings. The zero-order chi connectivity index (χ0) is 21.0. The second kappa shape index (κ2) is 8.93. The number of thiazole rings is 1. The monoisotopic (exact) mass is 432 g/mol. The van der Waals surface area contributed by atoms with Crippen LogP contribution in [0.15, 0.2) is 24.3 Å². The Morgan fingerprint density at radius 3 is 2.52 bits per heavy atom. The van der Waals surface area contributed by atoms with Crippen LogP contribution in [0.1, 0.15) is 53.0 Å². The largest absolute Gasteiger partial charge is 0.318 e. The van der Waals surface area contributed by atoms with Gasteiger partial charge in [-0.15, -0.1) is 11.3 Å². The van der Waals surface area contributed by atoms with Gasteiger partial charge in [-0.1, -0.05) is 19.3 Å². The Labute approximate surface area is 175 Å². The molecule has 1 aromatic heterocycles. The fourth-order valence-corrected chi connectivity index (χ4v) is 4.93. The summed E-state index contributed by atoms with van der Waals surface area (Å²) in [4.78, 5) is 19.5. The molecule has 1 aliphatic carbocycles. The minimum absolute atomic E-state index is 0.123. The van der Waals surface area contributed by atoms with Crippen molar-refractivity contribution in [3.63, 3.8) is 0 Å². The van der Waals surface area contributed by atoms with E-state index >= 15 is 0 Å². The van der Waals surface area contributed by atoms with Crippen molar-refractivity contribution >= 4 is 38.1 Å². The summed E-state index contributed by atoms with van der Waals surface area (Å²) in [7, 11) is -3.66. The summed E-state index contributed by atoms with van der Waals surface area (Å²) >= 11 is 1.36. The number of hydrogen-bond donors (Lipinski definition) is 1. The number of aromatic nitrogens is 1. The van der Waals surface area contributed by atoms with Gasteiger partial charge in [0.1, 0.15) is 5.69 Å². The van der Waals surface area contributed by atoms with Gasteiger partial charge >= 0.3 is 0 Å². The topological polar surface area (TPSA) is 103 Å². The van der Waals surface area contributed by atoms with Crippen LogP contribution < -0.4 is 9.62 Å². The molecule has 3 rings (SSSR count). The Morgan fingerprint density at radius 1 is 1.28 bits per heavy atom. The summed E-state index contributed by atoms with van der Waals surface area (Å²) < 4.78 is 24.8. The number of rotatable bonds is 6. The zero-order valence-corrected chi connectivity index (χ0v) is 18.1. The molecule has 1 fully saturated rings. The van der Waals surface area contributed by atoms with Gasteiger partial charge < -0.3 is 4.90 Å². The van der Waals surface area contributed by atoms with Crippen molar-refractivity contribution in [3.8, 4) is 6.07 Å². The maximum atomic E-state index is 12.3. The van der Waals surface area contributed by atoms with E-state index in [1.54, 1.807) is 19.1 Å². The summed E-state index contributed by atoms with van der Waals surface area (Å²) in [6.45, 7) is 2.53. The van der Waals surface area contributed by atoms with Crippen molar-refractivity contribution in [2.24, 2.45) is 5.92 Å². The first-order valence-corrected chi connectivity index (χ1v) is 12.2. The smallest absolute Gasteiger partial charge is 0.284 e. The van der Waals surface area contributed by atoms with Crippen LogP contribution >= 0.6 is 11.3 Å². The highest BCUT2D eigenvalue weighted by molar-refractivity contribution is 7.89. The van der Waals surface area contributed by atoms with E-state index < -0.39 is 15.9 Å². The Kier molecular flexibility index (Phi) is 6.55. The van der Waals surface area contributed by atoms with E-state index in [4.69, 9.17) is 5.26 Å². The van der Waals surface area contributed by atoms with Crippen molar-refractivity contribution in [3.05, 3.63) is 40.4 Å². The Balaban J connectivity index is 1.93. The number of carbonyl (C=O) groups is 1. The van der Waals surface area contributed by atoms with E-state index in [-0.39, 0.29) is 5.69 Å². The van der Waals surface area contributed by atoms with Gasteiger partial charge in [-0.3, -0.25) is 4.79 Å². The first kappa shape index (κ1) is 21.3. The van der Waals surface area contributed by atoms with E-state index in [1.807, 2.05) is 16.9 Å². The third-order valence-electron chi connectivity index (χ3n) is 4.98. The van der Waals surface area contributed by atoms with Gasteiger partial charge in [-0.05, 0) is 49.9 Å². The molecule has 0 aliphatic heterocycles. The molecular weight excluding hydrogens is 408 g/mol. The van der Waals surface area contributed by atoms with E-state index in [0.717, 1.165) is 31.3 Å².